The van der Waals surface area contributed by atoms with Crippen LogP contribution in [-0.4, -0.2) is 10.9 Å². The zero-order valence-corrected chi connectivity index (χ0v) is 14.5. The fourth-order valence-corrected chi connectivity index (χ4v) is 3.28. The van der Waals surface area contributed by atoms with Gasteiger partial charge in [0.05, 0.1) is 11.3 Å². The molecule has 0 fully saturated rings. The summed E-state index contributed by atoms with van der Waals surface area (Å²) in [7, 11) is 0. The Morgan fingerprint density at radius 3 is 2.37 bits per heavy atom. The topological polar surface area (TPSA) is 12.9 Å². The average Bonchev–Trinajstić information content (AvgIpc) is 2.91. The lowest BCUT2D eigenvalue weighted by Crippen LogP contribution is -2.14. The number of nitrogens with zero attached hydrogens (tertiary/aromatic N) is 1. The summed E-state index contributed by atoms with van der Waals surface area (Å²) in [5.41, 5.74) is 1.88. The van der Waals surface area contributed by atoms with E-state index >= 15 is 0 Å². The van der Waals surface area contributed by atoms with Crippen LogP contribution >= 0.6 is 0 Å². The minimum atomic E-state index is -4.51. The van der Waals surface area contributed by atoms with E-state index in [0.29, 0.717) is 23.1 Å². The van der Waals surface area contributed by atoms with E-state index in [4.69, 9.17) is 0 Å². The van der Waals surface area contributed by atoms with Gasteiger partial charge in [0.15, 0.2) is 0 Å². The maximum absolute atomic E-state index is 13.5. The molecule has 0 N–H and O–H groups in total. The van der Waals surface area contributed by atoms with E-state index in [1.807, 2.05) is 0 Å². The second-order valence-corrected chi connectivity index (χ2v) is 6.80. The predicted octanol–water partition coefficient (Wildman–Crippen LogP) is 6.34. The molecular weight excluding hydrogens is 361 g/mol. The minimum Gasteiger partial charge on any atom is -0.256 e. The van der Waals surface area contributed by atoms with Gasteiger partial charge in [-0.3, -0.25) is 4.98 Å². The summed E-state index contributed by atoms with van der Waals surface area (Å²) in [6.45, 7) is 7.69. The molecule has 1 nitrogen and oxygen atoms in total. The Labute approximate surface area is 154 Å². The number of fused-ring (bicyclic) bond motifs is 1. The summed E-state index contributed by atoms with van der Waals surface area (Å²) in [4.78, 5) is 3.83. The van der Waals surface area contributed by atoms with E-state index in [1.165, 1.54) is 12.3 Å². The summed E-state index contributed by atoms with van der Waals surface area (Å²) < 4.78 is 66.3. The molecule has 6 heteroatoms. The van der Waals surface area contributed by atoms with Crippen LogP contribution in [0.5, 0.6) is 0 Å². The molecular formula is C21H18F5N. The Bertz CT molecular complexity index is 896. The van der Waals surface area contributed by atoms with Gasteiger partial charge in [-0.15, -0.1) is 0 Å². The van der Waals surface area contributed by atoms with Crippen LogP contribution in [0.3, 0.4) is 0 Å². The number of aromatic nitrogens is 1. The zero-order chi connectivity index (χ0) is 19.8. The van der Waals surface area contributed by atoms with E-state index in [1.54, 1.807) is 18.2 Å². The predicted molar refractivity (Wildman–Crippen MR) is 95.3 cm³/mol. The highest BCUT2D eigenvalue weighted by molar-refractivity contribution is 5.69. The first-order chi connectivity index (χ1) is 12.6. The van der Waals surface area contributed by atoms with Crippen molar-refractivity contribution in [2.75, 3.05) is 0 Å². The lowest BCUT2D eigenvalue weighted by atomic mass is 9.95. The van der Waals surface area contributed by atoms with Crippen LogP contribution in [0.4, 0.5) is 22.0 Å². The summed E-state index contributed by atoms with van der Waals surface area (Å²) in [5.74, 6) is -2.72. The quantitative estimate of drug-likeness (QED) is 0.552. The number of alkyl halides is 5. The molecule has 0 spiro atoms. The lowest BCUT2D eigenvalue weighted by Gasteiger charge is -2.14. The van der Waals surface area contributed by atoms with Gasteiger partial charge in [0, 0.05) is 19.0 Å². The van der Waals surface area contributed by atoms with Gasteiger partial charge in [0.2, 0.25) is 0 Å². The van der Waals surface area contributed by atoms with Gasteiger partial charge in [-0.2, -0.15) is 13.2 Å². The first kappa shape index (κ1) is 19.3. The first-order valence-electron chi connectivity index (χ1n) is 8.45. The van der Waals surface area contributed by atoms with Crippen molar-refractivity contribution in [1.82, 2.24) is 4.98 Å². The van der Waals surface area contributed by atoms with Gasteiger partial charge in [-0.05, 0) is 52.8 Å². The largest absolute Gasteiger partial charge is 0.418 e. The highest BCUT2D eigenvalue weighted by atomic mass is 19.4. The Morgan fingerprint density at radius 1 is 1.00 bits per heavy atom. The van der Waals surface area contributed by atoms with Crippen molar-refractivity contribution < 1.29 is 22.0 Å². The number of hydrogen-bond donors (Lipinski definition) is 0. The fourth-order valence-electron chi connectivity index (χ4n) is 3.28. The Kier molecular flexibility index (Phi) is 4.93. The smallest absolute Gasteiger partial charge is 0.256 e. The van der Waals surface area contributed by atoms with Crippen molar-refractivity contribution in [3.63, 3.8) is 0 Å². The van der Waals surface area contributed by atoms with Crippen LogP contribution in [0.2, 0.25) is 0 Å². The molecule has 142 valence electrons. The molecule has 0 saturated heterocycles. The van der Waals surface area contributed by atoms with Crippen LogP contribution in [0.15, 0.2) is 49.7 Å². The molecule has 0 saturated carbocycles. The van der Waals surface area contributed by atoms with Gasteiger partial charge >= 0.3 is 6.18 Å². The van der Waals surface area contributed by atoms with Gasteiger partial charge in [0.1, 0.15) is 0 Å². The Morgan fingerprint density at radius 2 is 1.67 bits per heavy atom. The SMILES string of the molecule is C=C(CCC(=C)c1ncccc1C(F)(F)F)c1ccc2c(c1)CC(F)(F)C2. The van der Waals surface area contributed by atoms with Crippen LogP contribution in [0.1, 0.15) is 40.8 Å². The van der Waals surface area contributed by atoms with E-state index in [0.717, 1.165) is 11.6 Å². The third kappa shape index (κ3) is 4.26. The maximum Gasteiger partial charge on any atom is 0.418 e. The van der Waals surface area contributed by atoms with Gasteiger partial charge in [0.25, 0.3) is 5.92 Å². The number of pyridine rings is 1. The molecule has 0 atom stereocenters. The van der Waals surface area contributed by atoms with Crippen molar-refractivity contribution in [3.05, 3.63) is 77.6 Å². The molecule has 0 unspecified atom stereocenters. The van der Waals surface area contributed by atoms with Crippen molar-refractivity contribution in [1.29, 1.82) is 0 Å². The highest BCUT2D eigenvalue weighted by Crippen LogP contribution is 2.37. The Balaban J connectivity index is 1.70. The van der Waals surface area contributed by atoms with Gasteiger partial charge in [-0.1, -0.05) is 31.4 Å². The molecule has 1 aromatic carbocycles. The van der Waals surface area contributed by atoms with Gasteiger partial charge < -0.3 is 0 Å². The number of allylic oxidation sites excluding steroid dienone is 2. The second-order valence-electron chi connectivity index (χ2n) is 6.80. The van der Waals surface area contributed by atoms with E-state index in [-0.39, 0.29) is 30.5 Å². The van der Waals surface area contributed by atoms with Gasteiger partial charge in [-0.25, -0.2) is 8.78 Å². The normalized spacial score (nSPS) is 15.4. The summed E-state index contributed by atoms with van der Waals surface area (Å²) >= 11 is 0. The summed E-state index contributed by atoms with van der Waals surface area (Å²) in [6, 6.07) is 7.31. The molecule has 2 aromatic rings. The fraction of sp³-hybridized carbons (Fsp3) is 0.286. The minimum absolute atomic E-state index is 0.175. The highest BCUT2D eigenvalue weighted by Gasteiger charge is 2.37. The van der Waals surface area contributed by atoms with E-state index in [9.17, 15) is 22.0 Å². The molecule has 0 amide bonds. The molecule has 0 bridgehead atoms. The van der Waals surface area contributed by atoms with Crippen molar-refractivity contribution in [2.45, 2.75) is 37.8 Å². The second kappa shape index (κ2) is 6.91. The van der Waals surface area contributed by atoms with Crippen LogP contribution in [0.25, 0.3) is 11.1 Å². The number of halogens is 5. The molecule has 1 aliphatic carbocycles. The van der Waals surface area contributed by atoms with Crippen LogP contribution in [-0.2, 0) is 19.0 Å². The first-order valence-corrected chi connectivity index (χ1v) is 8.45. The number of rotatable bonds is 5. The molecule has 1 heterocycles. The molecule has 0 aliphatic heterocycles. The van der Waals surface area contributed by atoms with E-state index < -0.39 is 17.7 Å². The summed E-state index contributed by atoms with van der Waals surface area (Å²) in [5, 5.41) is 0. The number of benzene rings is 1. The number of hydrogen-bond acceptors (Lipinski definition) is 1. The van der Waals surface area contributed by atoms with Crippen molar-refractivity contribution >= 4 is 11.1 Å². The molecule has 27 heavy (non-hydrogen) atoms. The van der Waals surface area contributed by atoms with E-state index in [2.05, 4.69) is 18.1 Å². The third-order valence-electron chi connectivity index (χ3n) is 4.69. The zero-order valence-electron chi connectivity index (χ0n) is 14.5. The third-order valence-corrected chi connectivity index (χ3v) is 4.69. The molecule has 0 radical (unpaired) electrons. The molecule has 1 aliphatic rings. The summed E-state index contributed by atoms with van der Waals surface area (Å²) in [6.07, 6.45) is -3.15. The monoisotopic (exact) mass is 379 g/mol. The lowest BCUT2D eigenvalue weighted by molar-refractivity contribution is -0.138. The average molecular weight is 379 g/mol. The molecule has 1 aromatic heterocycles. The maximum atomic E-state index is 13.5. The van der Waals surface area contributed by atoms with Crippen LogP contribution < -0.4 is 0 Å². The van der Waals surface area contributed by atoms with Crippen molar-refractivity contribution in [2.24, 2.45) is 0 Å². The van der Waals surface area contributed by atoms with Crippen LogP contribution in [0, 0.1) is 0 Å². The van der Waals surface area contributed by atoms with Crippen molar-refractivity contribution in [3.8, 4) is 0 Å². The standard InChI is InChI=1S/C21H18F5N/c1-13(15-7-8-16-11-20(22,23)12-17(16)10-15)5-6-14(2)19-18(21(24,25)26)4-3-9-27-19/h3-4,7-10H,1-2,5-6,11-12H2. The Hall–Kier alpha value is -2.50. The molecule has 3 rings (SSSR count).